The third kappa shape index (κ3) is 0.573. The van der Waals surface area contributed by atoms with Gasteiger partial charge in [0, 0.05) is 5.92 Å². The molecular weight excluding hydrogens is 116 g/mol. The minimum absolute atomic E-state index is 0.561. The molecule has 0 aromatic carbocycles. The highest BCUT2D eigenvalue weighted by molar-refractivity contribution is 5.18. The van der Waals surface area contributed by atoms with Crippen molar-refractivity contribution < 1.29 is 4.63 Å². The summed E-state index contributed by atoms with van der Waals surface area (Å²) in [7, 11) is 0. The topological polar surface area (TPSA) is 38.9 Å². The number of aryl methyl sites for hydroxylation is 1. The quantitative estimate of drug-likeness (QED) is 0.520. The van der Waals surface area contributed by atoms with E-state index in [0.717, 1.165) is 17.8 Å². The highest BCUT2D eigenvalue weighted by Gasteiger charge is 2.23. The summed E-state index contributed by atoms with van der Waals surface area (Å²) in [6.45, 7) is 2.15. The Morgan fingerprint density at radius 1 is 1.56 bits per heavy atom. The van der Waals surface area contributed by atoms with Crippen molar-refractivity contribution in [3.05, 3.63) is 11.4 Å². The first kappa shape index (κ1) is 4.97. The van der Waals surface area contributed by atoms with Gasteiger partial charge in [0.1, 0.15) is 11.4 Å². The van der Waals surface area contributed by atoms with Gasteiger partial charge in [0.05, 0.1) is 0 Å². The van der Waals surface area contributed by atoms with Crippen LogP contribution in [0.25, 0.3) is 0 Å². The molecule has 48 valence electrons. The lowest BCUT2D eigenvalue weighted by Gasteiger charge is -1.92. The molecule has 1 aromatic heterocycles. The van der Waals surface area contributed by atoms with Crippen LogP contribution in [0.1, 0.15) is 30.7 Å². The van der Waals surface area contributed by atoms with E-state index in [2.05, 4.69) is 21.9 Å². The molecule has 0 spiro atoms. The molecule has 1 heterocycles. The van der Waals surface area contributed by atoms with Crippen LogP contribution >= 0.6 is 0 Å². The molecule has 3 heteroatoms. The van der Waals surface area contributed by atoms with Crippen LogP contribution in [-0.2, 0) is 6.42 Å². The molecule has 2 rings (SSSR count). The molecule has 0 bridgehead atoms. The Kier molecular flexibility index (Phi) is 0.860. The lowest BCUT2D eigenvalue weighted by Crippen LogP contribution is -1.84. The average molecular weight is 124 g/mol. The van der Waals surface area contributed by atoms with Crippen molar-refractivity contribution >= 4 is 0 Å². The van der Waals surface area contributed by atoms with E-state index in [-0.39, 0.29) is 0 Å². The molecule has 9 heavy (non-hydrogen) atoms. The van der Waals surface area contributed by atoms with Gasteiger partial charge in [0.15, 0.2) is 0 Å². The van der Waals surface area contributed by atoms with Gasteiger partial charge in [0.2, 0.25) is 0 Å². The fraction of sp³-hybridized carbons (Fsp3) is 0.667. The van der Waals surface area contributed by atoms with Gasteiger partial charge in [-0.1, -0.05) is 17.2 Å². The van der Waals surface area contributed by atoms with E-state index >= 15 is 0 Å². The maximum absolute atomic E-state index is 4.56. The summed E-state index contributed by atoms with van der Waals surface area (Å²) in [4.78, 5) is 0. The van der Waals surface area contributed by atoms with Gasteiger partial charge in [-0.15, -0.1) is 0 Å². The molecule has 1 aromatic rings. The van der Waals surface area contributed by atoms with Crippen LogP contribution in [0.4, 0.5) is 0 Å². The molecule has 0 fully saturated rings. The molecule has 0 amide bonds. The van der Waals surface area contributed by atoms with Gasteiger partial charge in [-0.2, -0.15) is 0 Å². The Bertz CT molecular complexity index is 219. The van der Waals surface area contributed by atoms with Gasteiger partial charge < -0.3 is 0 Å². The normalized spacial score (nSPS) is 24.3. The lowest BCUT2D eigenvalue weighted by molar-refractivity contribution is 0.294. The van der Waals surface area contributed by atoms with Crippen LogP contribution in [0.5, 0.6) is 0 Å². The second kappa shape index (κ2) is 1.56. The summed E-state index contributed by atoms with van der Waals surface area (Å²) in [5, 5.41) is 7.55. The zero-order valence-electron chi connectivity index (χ0n) is 5.29. The second-order valence-corrected chi connectivity index (χ2v) is 2.54. The van der Waals surface area contributed by atoms with Crippen LogP contribution < -0.4 is 0 Å². The summed E-state index contributed by atoms with van der Waals surface area (Å²) in [6.07, 6.45) is 2.22. The lowest BCUT2D eigenvalue weighted by atomic mass is 10.1. The van der Waals surface area contributed by atoms with E-state index < -0.39 is 0 Å². The molecule has 0 saturated carbocycles. The molecular formula is C6H8N2O. The first-order valence-electron chi connectivity index (χ1n) is 3.19. The van der Waals surface area contributed by atoms with Crippen molar-refractivity contribution in [3.63, 3.8) is 0 Å². The predicted octanol–water partition coefficient (Wildman–Crippen LogP) is 1.12. The maximum atomic E-state index is 4.56. The second-order valence-electron chi connectivity index (χ2n) is 2.54. The van der Waals surface area contributed by atoms with Crippen LogP contribution in [0.15, 0.2) is 4.63 Å². The van der Waals surface area contributed by atoms with Crippen LogP contribution in [-0.4, -0.2) is 10.3 Å². The molecule has 0 N–H and O–H groups in total. The first-order chi connectivity index (χ1) is 4.38. The van der Waals surface area contributed by atoms with Gasteiger partial charge in [-0.3, -0.25) is 0 Å². The molecule has 0 unspecified atom stereocenters. The zero-order valence-corrected chi connectivity index (χ0v) is 5.29. The van der Waals surface area contributed by atoms with Crippen LogP contribution in [0, 0.1) is 0 Å². The number of rotatable bonds is 0. The number of nitrogens with zero attached hydrogens (tertiary/aromatic N) is 2. The number of fused-ring (bicyclic) bond motifs is 1. The Morgan fingerprint density at radius 3 is 3.22 bits per heavy atom. The predicted molar refractivity (Wildman–Crippen MR) is 31.0 cm³/mol. The molecule has 1 aliphatic carbocycles. The third-order valence-electron chi connectivity index (χ3n) is 1.87. The summed E-state index contributed by atoms with van der Waals surface area (Å²) >= 11 is 0. The van der Waals surface area contributed by atoms with Gasteiger partial charge in [-0.05, 0) is 12.8 Å². The van der Waals surface area contributed by atoms with Gasteiger partial charge >= 0.3 is 0 Å². The Balaban J connectivity index is 2.49. The van der Waals surface area contributed by atoms with Crippen molar-refractivity contribution in [1.29, 1.82) is 0 Å². The molecule has 0 saturated heterocycles. The molecule has 3 nitrogen and oxygen atoms in total. The molecule has 0 radical (unpaired) electrons. The smallest absolute Gasteiger partial charge is 0.111 e. The minimum Gasteiger partial charge on any atom is -0.244 e. The summed E-state index contributed by atoms with van der Waals surface area (Å²) in [5.41, 5.74) is 2.12. The Morgan fingerprint density at radius 2 is 2.44 bits per heavy atom. The van der Waals surface area contributed by atoms with Crippen molar-refractivity contribution in [1.82, 2.24) is 10.3 Å². The average Bonchev–Trinajstić information content (AvgIpc) is 2.35. The maximum Gasteiger partial charge on any atom is 0.111 e. The van der Waals surface area contributed by atoms with E-state index in [1.54, 1.807) is 0 Å². The number of aromatic nitrogens is 2. The standard InChI is InChI=1S/C6H8N2O/c1-4-2-3-5-6(4)8-9-7-5/h4H,2-3H2,1H3/t4-/m0/s1. The van der Waals surface area contributed by atoms with Crippen LogP contribution in [0.3, 0.4) is 0 Å². The minimum atomic E-state index is 0.561. The third-order valence-corrected chi connectivity index (χ3v) is 1.87. The first-order valence-corrected chi connectivity index (χ1v) is 3.19. The van der Waals surface area contributed by atoms with Crippen molar-refractivity contribution in [2.24, 2.45) is 0 Å². The highest BCUT2D eigenvalue weighted by atomic mass is 16.6. The fourth-order valence-electron chi connectivity index (χ4n) is 1.25. The Labute approximate surface area is 53.0 Å². The number of hydrogen-bond acceptors (Lipinski definition) is 3. The largest absolute Gasteiger partial charge is 0.244 e. The molecule has 0 aliphatic heterocycles. The highest BCUT2D eigenvalue weighted by Crippen LogP contribution is 2.28. The summed E-state index contributed by atoms with van der Waals surface area (Å²) in [5.74, 6) is 0.561. The molecule has 1 atom stereocenters. The van der Waals surface area contributed by atoms with E-state index in [1.165, 1.54) is 6.42 Å². The van der Waals surface area contributed by atoms with E-state index in [1.807, 2.05) is 0 Å². The Hall–Kier alpha value is -0.860. The SMILES string of the molecule is C[C@H]1CCc2nonc21. The molecule has 1 aliphatic rings. The van der Waals surface area contributed by atoms with Crippen LogP contribution in [0.2, 0.25) is 0 Å². The van der Waals surface area contributed by atoms with Crippen molar-refractivity contribution in [3.8, 4) is 0 Å². The van der Waals surface area contributed by atoms with E-state index in [0.29, 0.717) is 5.92 Å². The van der Waals surface area contributed by atoms with E-state index in [4.69, 9.17) is 0 Å². The van der Waals surface area contributed by atoms with Crippen molar-refractivity contribution in [2.45, 2.75) is 25.7 Å². The monoisotopic (exact) mass is 124 g/mol. The van der Waals surface area contributed by atoms with E-state index in [9.17, 15) is 0 Å². The fourth-order valence-corrected chi connectivity index (χ4v) is 1.25. The summed E-state index contributed by atoms with van der Waals surface area (Å²) in [6, 6.07) is 0. The van der Waals surface area contributed by atoms with Gasteiger partial charge in [0.25, 0.3) is 0 Å². The van der Waals surface area contributed by atoms with Gasteiger partial charge in [-0.25, -0.2) is 4.63 Å². The number of hydrogen-bond donors (Lipinski definition) is 0. The zero-order chi connectivity index (χ0) is 6.27. The summed E-state index contributed by atoms with van der Waals surface area (Å²) < 4.78 is 4.56. The van der Waals surface area contributed by atoms with Crippen molar-refractivity contribution in [2.75, 3.05) is 0 Å².